The van der Waals surface area contributed by atoms with Crippen LogP contribution in [0.3, 0.4) is 0 Å². The Kier molecular flexibility index (Phi) is 6.20. The SMILES string of the molecule is CC(Oc1ccc(Br)cc1)C(=O)Nc1ccc(C(=O)Nc2nccs2)cc1. The first-order valence-electron chi connectivity index (χ1n) is 8.05. The van der Waals surface area contributed by atoms with Crippen molar-refractivity contribution < 1.29 is 14.3 Å². The third-order valence-electron chi connectivity index (χ3n) is 3.56. The number of amides is 2. The van der Waals surface area contributed by atoms with E-state index < -0.39 is 6.10 Å². The van der Waals surface area contributed by atoms with Crippen LogP contribution in [-0.4, -0.2) is 22.9 Å². The highest BCUT2D eigenvalue weighted by Crippen LogP contribution is 2.18. The van der Waals surface area contributed by atoms with Gasteiger partial charge < -0.3 is 10.1 Å². The number of halogens is 1. The molecule has 0 saturated carbocycles. The third kappa shape index (κ3) is 5.38. The van der Waals surface area contributed by atoms with Crippen molar-refractivity contribution in [1.29, 1.82) is 0 Å². The Balaban J connectivity index is 1.56. The van der Waals surface area contributed by atoms with Crippen LogP contribution in [0.15, 0.2) is 64.6 Å². The summed E-state index contributed by atoms with van der Waals surface area (Å²) < 4.78 is 6.56. The number of benzene rings is 2. The van der Waals surface area contributed by atoms with Crippen LogP contribution in [-0.2, 0) is 4.79 Å². The molecule has 1 aromatic heterocycles. The standard InChI is InChI=1S/C19H16BrN3O3S/c1-12(26-16-8-4-14(20)5-9-16)17(24)22-15-6-2-13(3-7-15)18(25)23-19-21-10-11-27-19/h2-12H,1H3,(H,22,24)(H,21,23,25). The van der Waals surface area contributed by atoms with Crippen molar-refractivity contribution in [2.45, 2.75) is 13.0 Å². The fourth-order valence-corrected chi connectivity index (χ4v) is 2.96. The van der Waals surface area contributed by atoms with Crippen LogP contribution < -0.4 is 15.4 Å². The molecule has 1 heterocycles. The molecule has 3 aromatic rings. The molecule has 1 unspecified atom stereocenters. The second-order valence-corrected chi connectivity index (χ2v) is 7.38. The Morgan fingerprint density at radius 2 is 1.78 bits per heavy atom. The van der Waals surface area contributed by atoms with E-state index in [1.165, 1.54) is 11.3 Å². The Morgan fingerprint density at radius 3 is 2.41 bits per heavy atom. The van der Waals surface area contributed by atoms with E-state index in [2.05, 4.69) is 31.5 Å². The summed E-state index contributed by atoms with van der Waals surface area (Å²) in [5.74, 6) is 0.0720. The predicted molar refractivity (Wildman–Crippen MR) is 109 cm³/mol. The summed E-state index contributed by atoms with van der Waals surface area (Å²) in [6.07, 6.45) is 0.954. The zero-order valence-corrected chi connectivity index (χ0v) is 16.7. The van der Waals surface area contributed by atoms with Crippen molar-refractivity contribution in [3.63, 3.8) is 0 Å². The maximum Gasteiger partial charge on any atom is 0.265 e. The van der Waals surface area contributed by atoms with Crippen molar-refractivity contribution in [3.05, 3.63) is 70.1 Å². The molecule has 6 nitrogen and oxygen atoms in total. The van der Waals surface area contributed by atoms with E-state index >= 15 is 0 Å². The Morgan fingerprint density at radius 1 is 1.07 bits per heavy atom. The van der Waals surface area contributed by atoms with Crippen LogP contribution in [0.4, 0.5) is 10.8 Å². The van der Waals surface area contributed by atoms with Gasteiger partial charge in [0.1, 0.15) is 5.75 Å². The number of hydrogen-bond acceptors (Lipinski definition) is 5. The first-order chi connectivity index (χ1) is 13.0. The molecule has 0 saturated heterocycles. The third-order valence-corrected chi connectivity index (χ3v) is 4.78. The fourth-order valence-electron chi connectivity index (χ4n) is 2.17. The first-order valence-corrected chi connectivity index (χ1v) is 9.72. The van der Waals surface area contributed by atoms with E-state index in [4.69, 9.17) is 4.74 Å². The molecule has 27 heavy (non-hydrogen) atoms. The lowest BCUT2D eigenvalue weighted by atomic mass is 10.2. The minimum absolute atomic E-state index is 0.255. The van der Waals surface area contributed by atoms with E-state index in [1.54, 1.807) is 54.9 Å². The molecule has 0 radical (unpaired) electrons. The maximum absolute atomic E-state index is 12.3. The molecule has 0 aliphatic carbocycles. The lowest BCUT2D eigenvalue weighted by Crippen LogP contribution is -2.30. The number of aromatic nitrogens is 1. The molecule has 1 atom stereocenters. The summed E-state index contributed by atoms with van der Waals surface area (Å²) in [6, 6.07) is 13.9. The topological polar surface area (TPSA) is 80.3 Å². The predicted octanol–water partition coefficient (Wildman–Crippen LogP) is 4.56. The quantitative estimate of drug-likeness (QED) is 0.582. The van der Waals surface area contributed by atoms with E-state index in [9.17, 15) is 9.59 Å². The van der Waals surface area contributed by atoms with Crippen molar-refractivity contribution in [2.75, 3.05) is 10.6 Å². The summed E-state index contributed by atoms with van der Waals surface area (Å²) in [5, 5.41) is 7.80. The second kappa shape index (κ2) is 8.79. The molecule has 0 bridgehead atoms. The van der Waals surface area contributed by atoms with Gasteiger partial charge in [-0.1, -0.05) is 15.9 Å². The van der Waals surface area contributed by atoms with Gasteiger partial charge in [0.15, 0.2) is 11.2 Å². The van der Waals surface area contributed by atoms with Crippen molar-refractivity contribution in [3.8, 4) is 5.75 Å². The van der Waals surface area contributed by atoms with Crippen LogP contribution in [0.1, 0.15) is 17.3 Å². The number of anilines is 2. The van der Waals surface area contributed by atoms with Gasteiger partial charge in [0.05, 0.1) is 0 Å². The molecule has 2 amide bonds. The van der Waals surface area contributed by atoms with Gasteiger partial charge in [0, 0.05) is 27.3 Å². The van der Waals surface area contributed by atoms with E-state index in [0.29, 0.717) is 22.1 Å². The summed E-state index contributed by atoms with van der Waals surface area (Å²) in [7, 11) is 0. The van der Waals surface area contributed by atoms with Gasteiger partial charge in [-0.05, 0) is 55.5 Å². The zero-order chi connectivity index (χ0) is 19.2. The summed E-state index contributed by atoms with van der Waals surface area (Å²) >= 11 is 4.70. The Bertz CT molecular complexity index is 912. The minimum atomic E-state index is -0.668. The van der Waals surface area contributed by atoms with Crippen molar-refractivity contribution in [2.24, 2.45) is 0 Å². The molecule has 138 valence electrons. The number of ether oxygens (including phenoxy) is 1. The van der Waals surface area contributed by atoms with E-state index in [-0.39, 0.29) is 11.8 Å². The van der Waals surface area contributed by atoms with Crippen LogP contribution in [0.5, 0.6) is 5.75 Å². The molecule has 3 rings (SSSR count). The van der Waals surface area contributed by atoms with Crippen LogP contribution >= 0.6 is 27.3 Å². The monoisotopic (exact) mass is 445 g/mol. The molecule has 2 N–H and O–H groups in total. The van der Waals surface area contributed by atoms with E-state index in [0.717, 1.165) is 4.47 Å². The van der Waals surface area contributed by atoms with Crippen LogP contribution in [0.25, 0.3) is 0 Å². The largest absolute Gasteiger partial charge is 0.481 e. The van der Waals surface area contributed by atoms with Gasteiger partial charge >= 0.3 is 0 Å². The van der Waals surface area contributed by atoms with Crippen LogP contribution in [0.2, 0.25) is 0 Å². The lowest BCUT2D eigenvalue weighted by molar-refractivity contribution is -0.122. The average Bonchev–Trinajstić information content (AvgIpc) is 3.17. The van der Waals surface area contributed by atoms with Crippen molar-refractivity contribution in [1.82, 2.24) is 4.98 Å². The second-order valence-electron chi connectivity index (χ2n) is 5.57. The van der Waals surface area contributed by atoms with Gasteiger partial charge in [0.25, 0.3) is 11.8 Å². The van der Waals surface area contributed by atoms with Crippen molar-refractivity contribution >= 4 is 49.9 Å². The molecule has 0 fully saturated rings. The van der Waals surface area contributed by atoms with Gasteiger partial charge in [-0.15, -0.1) is 11.3 Å². The normalized spacial score (nSPS) is 11.5. The number of hydrogen-bond donors (Lipinski definition) is 2. The average molecular weight is 446 g/mol. The van der Waals surface area contributed by atoms with Gasteiger partial charge in [-0.2, -0.15) is 0 Å². The van der Waals surface area contributed by atoms with Gasteiger partial charge in [-0.25, -0.2) is 4.98 Å². The molecular formula is C19H16BrN3O3S. The highest BCUT2D eigenvalue weighted by molar-refractivity contribution is 9.10. The molecule has 0 spiro atoms. The molecular weight excluding hydrogens is 430 g/mol. The Hall–Kier alpha value is -2.71. The maximum atomic E-state index is 12.3. The number of carbonyl (C=O) groups is 2. The lowest BCUT2D eigenvalue weighted by Gasteiger charge is -2.15. The Labute approximate surface area is 168 Å². The highest BCUT2D eigenvalue weighted by atomic mass is 79.9. The minimum Gasteiger partial charge on any atom is -0.481 e. The molecule has 2 aromatic carbocycles. The summed E-state index contributed by atoms with van der Waals surface area (Å²) in [4.78, 5) is 28.4. The summed E-state index contributed by atoms with van der Waals surface area (Å²) in [6.45, 7) is 1.67. The first kappa shape index (κ1) is 19.1. The highest BCUT2D eigenvalue weighted by Gasteiger charge is 2.15. The van der Waals surface area contributed by atoms with Gasteiger partial charge in [-0.3, -0.25) is 14.9 Å². The zero-order valence-electron chi connectivity index (χ0n) is 14.3. The number of nitrogens with zero attached hydrogens (tertiary/aromatic N) is 1. The fraction of sp³-hybridized carbons (Fsp3) is 0.105. The molecule has 0 aliphatic rings. The number of thiazole rings is 1. The smallest absolute Gasteiger partial charge is 0.265 e. The molecule has 0 aliphatic heterocycles. The molecule has 8 heteroatoms. The summed E-state index contributed by atoms with van der Waals surface area (Å²) in [5.41, 5.74) is 1.06. The van der Waals surface area contributed by atoms with E-state index in [1.807, 2.05) is 12.1 Å². The van der Waals surface area contributed by atoms with Crippen LogP contribution in [0, 0.1) is 0 Å². The number of rotatable bonds is 6. The number of carbonyl (C=O) groups excluding carboxylic acids is 2. The number of nitrogens with one attached hydrogen (secondary N) is 2. The van der Waals surface area contributed by atoms with Gasteiger partial charge in [0.2, 0.25) is 0 Å².